The lowest BCUT2D eigenvalue weighted by atomic mass is 9.91. The van der Waals surface area contributed by atoms with Gasteiger partial charge in [-0.05, 0) is 55.7 Å². The van der Waals surface area contributed by atoms with Crippen LogP contribution < -0.4 is 10.5 Å². The quantitative estimate of drug-likeness (QED) is 0.215. The van der Waals surface area contributed by atoms with Crippen LogP contribution in [-0.2, 0) is 16.6 Å². The van der Waals surface area contributed by atoms with E-state index in [9.17, 15) is 14.0 Å². The number of aryl methyl sites for hydroxylation is 2. The zero-order valence-corrected chi connectivity index (χ0v) is 24.3. The number of hydrogen-bond acceptors (Lipinski definition) is 6. The molecule has 1 aliphatic rings. The SMILES string of the molecule is [C-]#[N+]c1ccc2c(n1)c(N1C[C@@H](CCC(=O)OC)N(C(c3ccc(C)cc3)c3ccc(F)cc3)C[C@@H]1C)cc(=O)n2C. The molecule has 0 radical (unpaired) electrons. The van der Waals surface area contributed by atoms with Crippen molar-refractivity contribution in [2.75, 3.05) is 25.1 Å². The molecule has 5 rings (SSSR count). The fourth-order valence-electron chi connectivity index (χ4n) is 5.91. The van der Waals surface area contributed by atoms with Crippen LogP contribution in [0.2, 0.25) is 0 Å². The Balaban J connectivity index is 1.61. The normalized spacial score (nSPS) is 18.0. The number of esters is 1. The molecule has 2 aromatic carbocycles. The Morgan fingerprint density at radius 3 is 2.40 bits per heavy atom. The van der Waals surface area contributed by atoms with Gasteiger partial charge in [-0.2, -0.15) is 0 Å². The van der Waals surface area contributed by atoms with Crippen molar-refractivity contribution < 1.29 is 13.9 Å². The van der Waals surface area contributed by atoms with Gasteiger partial charge in [0, 0.05) is 44.7 Å². The number of piperazine rings is 1. The van der Waals surface area contributed by atoms with Crippen LogP contribution in [0.25, 0.3) is 15.9 Å². The molecule has 8 nitrogen and oxygen atoms in total. The summed E-state index contributed by atoms with van der Waals surface area (Å²) in [6.07, 6.45) is 0.740. The maximum Gasteiger partial charge on any atom is 0.305 e. The van der Waals surface area contributed by atoms with E-state index in [0.717, 1.165) is 16.7 Å². The molecule has 0 N–H and O–H groups in total. The summed E-state index contributed by atoms with van der Waals surface area (Å²) in [7, 11) is 3.08. The summed E-state index contributed by atoms with van der Waals surface area (Å²) in [5.74, 6) is -0.339. The molecule has 0 saturated carbocycles. The van der Waals surface area contributed by atoms with Gasteiger partial charge in [-0.15, -0.1) is 4.98 Å². The fourth-order valence-corrected chi connectivity index (χ4v) is 5.91. The molecule has 0 aliphatic carbocycles. The molecular formula is C33H34FN5O3. The molecule has 0 bridgehead atoms. The number of methoxy groups -OCH3 is 1. The molecule has 3 atom stereocenters. The van der Waals surface area contributed by atoms with E-state index in [0.29, 0.717) is 36.2 Å². The Kier molecular flexibility index (Phi) is 8.36. The van der Waals surface area contributed by atoms with Gasteiger partial charge >= 0.3 is 5.97 Å². The third kappa shape index (κ3) is 5.76. The number of hydrogen-bond donors (Lipinski definition) is 0. The maximum absolute atomic E-state index is 14.0. The maximum atomic E-state index is 14.0. The summed E-state index contributed by atoms with van der Waals surface area (Å²) in [5.41, 5.74) is 4.90. The van der Waals surface area contributed by atoms with Gasteiger partial charge in [-0.3, -0.25) is 14.5 Å². The van der Waals surface area contributed by atoms with Gasteiger partial charge in [0.1, 0.15) is 5.82 Å². The summed E-state index contributed by atoms with van der Waals surface area (Å²) in [5, 5.41) is 0. The molecule has 4 aromatic rings. The Morgan fingerprint density at radius 1 is 1.10 bits per heavy atom. The largest absolute Gasteiger partial charge is 0.469 e. The molecule has 0 spiro atoms. The van der Waals surface area contributed by atoms with Crippen molar-refractivity contribution in [3.8, 4) is 0 Å². The zero-order chi connectivity index (χ0) is 30.0. The van der Waals surface area contributed by atoms with Crippen molar-refractivity contribution in [2.45, 2.75) is 44.8 Å². The van der Waals surface area contributed by atoms with Crippen molar-refractivity contribution in [2.24, 2.45) is 7.05 Å². The molecule has 1 fully saturated rings. The van der Waals surface area contributed by atoms with Crippen molar-refractivity contribution in [3.05, 3.63) is 111 Å². The lowest BCUT2D eigenvalue weighted by Gasteiger charge is -2.49. The molecule has 1 saturated heterocycles. The highest BCUT2D eigenvalue weighted by molar-refractivity contribution is 5.89. The van der Waals surface area contributed by atoms with Gasteiger partial charge in [0.2, 0.25) is 5.52 Å². The molecule has 2 aromatic heterocycles. The first-order valence-electron chi connectivity index (χ1n) is 14.0. The molecule has 42 heavy (non-hydrogen) atoms. The molecule has 1 aliphatic heterocycles. The van der Waals surface area contributed by atoms with E-state index in [-0.39, 0.29) is 47.7 Å². The fraction of sp³-hybridized carbons (Fsp3) is 0.333. The lowest BCUT2D eigenvalue weighted by molar-refractivity contribution is -0.141. The van der Waals surface area contributed by atoms with Crippen LogP contribution in [0.15, 0.2) is 71.5 Å². The molecule has 216 valence electrons. The second kappa shape index (κ2) is 12.1. The third-order valence-electron chi connectivity index (χ3n) is 8.18. The number of rotatable bonds is 7. The van der Waals surface area contributed by atoms with Crippen LogP contribution >= 0.6 is 0 Å². The average molecular weight is 568 g/mol. The van der Waals surface area contributed by atoms with E-state index in [2.05, 4.69) is 50.8 Å². The number of halogens is 1. The van der Waals surface area contributed by atoms with E-state index >= 15 is 0 Å². The standard InChI is InChI=1S/C33H34FN5O3/c1-21-6-8-23(9-7-21)33(24-10-12-25(34)13-11-24)39-19-22(2)38(20-26(39)14-17-31(41)42-5)28-18-30(40)37(4)27-15-16-29(35-3)36-32(27)28/h6-13,15-16,18,22,26,33H,14,17,19-20H2,1-2,4-5H3/t22-,26+,33?/m0/s1. The number of pyridine rings is 2. The van der Waals surface area contributed by atoms with Crippen molar-refractivity contribution >= 4 is 28.5 Å². The predicted molar refractivity (Wildman–Crippen MR) is 161 cm³/mol. The summed E-state index contributed by atoms with van der Waals surface area (Å²) in [6, 6.07) is 19.5. The monoisotopic (exact) mass is 567 g/mol. The van der Waals surface area contributed by atoms with E-state index in [4.69, 9.17) is 11.3 Å². The first kappa shape index (κ1) is 29.0. The molecule has 1 unspecified atom stereocenters. The highest BCUT2D eigenvalue weighted by atomic mass is 19.1. The number of carbonyl (C=O) groups excluding carboxylic acids is 1. The van der Waals surface area contributed by atoms with Gasteiger partial charge in [0.05, 0.1) is 24.4 Å². The first-order chi connectivity index (χ1) is 20.2. The van der Waals surface area contributed by atoms with Gasteiger partial charge in [-0.1, -0.05) is 48.5 Å². The first-order valence-corrected chi connectivity index (χ1v) is 14.0. The summed E-state index contributed by atoms with van der Waals surface area (Å²) >= 11 is 0. The van der Waals surface area contributed by atoms with E-state index in [1.807, 2.05) is 19.1 Å². The Morgan fingerprint density at radius 2 is 1.76 bits per heavy atom. The number of benzene rings is 2. The number of anilines is 1. The van der Waals surface area contributed by atoms with Crippen LogP contribution in [-0.4, -0.2) is 52.7 Å². The van der Waals surface area contributed by atoms with Crippen LogP contribution in [0.4, 0.5) is 15.9 Å². The number of ether oxygens (including phenoxy) is 1. The van der Waals surface area contributed by atoms with Crippen LogP contribution in [0.5, 0.6) is 0 Å². The minimum absolute atomic E-state index is 0.0542. The van der Waals surface area contributed by atoms with E-state index < -0.39 is 0 Å². The second-order valence-corrected chi connectivity index (χ2v) is 10.9. The van der Waals surface area contributed by atoms with Gasteiger partial charge in [0.25, 0.3) is 11.4 Å². The number of carbonyl (C=O) groups is 1. The minimum Gasteiger partial charge on any atom is -0.469 e. The van der Waals surface area contributed by atoms with Gasteiger partial charge in [0.15, 0.2) is 0 Å². The molecule has 9 heteroatoms. The highest BCUT2D eigenvalue weighted by Gasteiger charge is 2.38. The van der Waals surface area contributed by atoms with E-state index in [1.54, 1.807) is 25.2 Å². The summed E-state index contributed by atoms with van der Waals surface area (Å²) < 4.78 is 20.5. The molecule has 3 heterocycles. The zero-order valence-electron chi connectivity index (χ0n) is 24.3. The van der Waals surface area contributed by atoms with Crippen LogP contribution in [0.1, 0.15) is 42.5 Å². The smallest absolute Gasteiger partial charge is 0.305 e. The van der Waals surface area contributed by atoms with E-state index in [1.165, 1.54) is 23.8 Å². The van der Waals surface area contributed by atoms with Crippen LogP contribution in [0, 0.1) is 19.3 Å². The summed E-state index contributed by atoms with van der Waals surface area (Å²) in [4.78, 5) is 38.0. The number of fused-ring (bicyclic) bond motifs is 1. The topological polar surface area (TPSA) is 72.0 Å². The second-order valence-electron chi connectivity index (χ2n) is 10.9. The van der Waals surface area contributed by atoms with Gasteiger partial charge < -0.3 is 19.0 Å². The highest BCUT2D eigenvalue weighted by Crippen LogP contribution is 2.37. The Bertz CT molecular complexity index is 1650. The molecule has 0 amide bonds. The lowest BCUT2D eigenvalue weighted by Crippen LogP contribution is -2.58. The predicted octanol–water partition coefficient (Wildman–Crippen LogP) is 5.55. The Hall–Kier alpha value is -4.55. The Labute approximate surface area is 244 Å². The van der Waals surface area contributed by atoms with Crippen molar-refractivity contribution in [3.63, 3.8) is 0 Å². The van der Waals surface area contributed by atoms with Crippen LogP contribution in [0.3, 0.4) is 0 Å². The van der Waals surface area contributed by atoms with Crippen molar-refractivity contribution in [1.29, 1.82) is 0 Å². The molecular weight excluding hydrogens is 533 g/mol. The summed E-state index contributed by atoms with van der Waals surface area (Å²) in [6.45, 7) is 12.7. The minimum atomic E-state index is -0.300. The number of nitrogens with zero attached hydrogens (tertiary/aromatic N) is 5. The third-order valence-corrected chi connectivity index (χ3v) is 8.18. The average Bonchev–Trinajstić information content (AvgIpc) is 3.00. The van der Waals surface area contributed by atoms with Crippen molar-refractivity contribution in [1.82, 2.24) is 14.5 Å². The van der Waals surface area contributed by atoms with Gasteiger partial charge in [-0.25, -0.2) is 4.39 Å². The number of aromatic nitrogens is 2.